The van der Waals surface area contributed by atoms with Gasteiger partial charge in [0.15, 0.2) is 0 Å². The summed E-state index contributed by atoms with van der Waals surface area (Å²) in [6.07, 6.45) is 0.624. The molecule has 3 rings (SSSR count). The topological polar surface area (TPSA) is 39.6 Å². The van der Waals surface area contributed by atoms with E-state index in [1.165, 1.54) is 18.2 Å². The van der Waals surface area contributed by atoms with E-state index < -0.39 is 17.7 Å². The Balaban J connectivity index is 1.52. The maximum absolute atomic E-state index is 13.7. The molecule has 1 unspecified atom stereocenters. The molecule has 4 nitrogen and oxygen atoms in total. The van der Waals surface area contributed by atoms with Crippen molar-refractivity contribution in [1.29, 1.82) is 0 Å². The van der Waals surface area contributed by atoms with Crippen molar-refractivity contribution in [2.75, 3.05) is 32.7 Å². The predicted molar refractivity (Wildman–Crippen MR) is 87.3 cm³/mol. The van der Waals surface area contributed by atoms with Crippen LogP contribution in [0.2, 0.25) is 0 Å². The summed E-state index contributed by atoms with van der Waals surface area (Å²) in [5.74, 6) is -1.40. The molecule has 1 fully saturated rings. The third-order valence-electron chi connectivity index (χ3n) is 4.34. The monoisotopic (exact) mass is 333 g/mol. The Bertz CT molecular complexity index is 640. The number of benzene rings is 1. The largest absolute Gasteiger partial charge is 0.387 e. The SMILES string of the molecule is OC(CN1CCN(Cc2ccccn2)CC1)c1c(F)cccc1F. The van der Waals surface area contributed by atoms with Gasteiger partial charge in [-0.25, -0.2) is 8.78 Å². The van der Waals surface area contributed by atoms with Gasteiger partial charge in [0.25, 0.3) is 0 Å². The maximum Gasteiger partial charge on any atom is 0.131 e. The number of aliphatic hydroxyl groups is 1. The van der Waals surface area contributed by atoms with E-state index in [1.807, 2.05) is 23.1 Å². The third-order valence-corrected chi connectivity index (χ3v) is 4.34. The van der Waals surface area contributed by atoms with E-state index in [2.05, 4.69) is 9.88 Å². The molecule has 24 heavy (non-hydrogen) atoms. The minimum absolute atomic E-state index is 0.231. The molecular weight excluding hydrogens is 312 g/mol. The van der Waals surface area contributed by atoms with Gasteiger partial charge in [0, 0.05) is 45.5 Å². The summed E-state index contributed by atoms with van der Waals surface area (Å²) in [7, 11) is 0. The molecule has 0 spiro atoms. The van der Waals surface area contributed by atoms with Gasteiger partial charge >= 0.3 is 0 Å². The number of aromatic nitrogens is 1. The third kappa shape index (κ3) is 4.14. The zero-order valence-corrected chi connectivity index (χ0v) is 13.4. The Kier molecular flexibility index (Phi) is 5.50. The summed E-state index contributed by atoms with van der Waals surface area (Å²) in [5.41, 5.74) is 0.785. The van der Waals surface area contributed by atoms with Gasteiger partial charge in [-0.3, -0.25) is 14.8 Å². The van der Waals surface area contributed by atoms with Crippen LogP contribution < -0.4 is 0 Å². The molecule has 0 radical (unpaired) electrons. The molecule has 1 aromatic carbocycles. The highest BCUT2D eigenvalue weighted by Gasteiger charge is 2.23. The number of halogens is 2. The second-order valence-electron chi connectivity index (χ2n) is 6.05. The number of β-amino-alcohol motifs (C(OH)–C–C–N with tert-alkyl or cyclic N) is 1. The Morgan fingerprint density at radius 2 is 1.62 bits per heavy atom. The Morgan fingerprint density at radius 3 is 2.25 bits per heavy atom. The number of piperazine rings is 1. The van der Waals surface area contributed by atoms with Crippen molar-refractivity contribution in [3.63, 3.8) is 0 Å². The van der Waals surface area contributed by atoms with Crippen LogP contribution in [-0.2, 0) is 6.54 Å². The van der Waals surface area contributed by atoms with Crippen LogP contribution in [0.1, 0.15) is 17.4 Å². The van der Waals surface area contributed by atoms with E-state index in [-0.39, 0.29) is 12.1 Å². The summed E-state index contributed by atoms with van der Waals surface area (Å²) < 4.78 is 27.5. The van der Waals surface area contributed by atoms with Crippen LogP contribution >= 0.6 is 0 Å². The lowest BCUT2D eigenvalue weighted by atomic mass is 10.1. The second kappa shape index (κ2) is 7.79. The lowest BCUT2D eigenvalue weighted by molar-refractivity contribution is 0.0664. The summed E-state index contributed by atoms with van der Waals surface area (Å²) in [6, 6.07) is 9.51. The van der Waals surface area contributed by atoms with Crippen molar-refractivity contribution in [3.8, 4) is 0 Å². The first-order valence-corrected chi connectivity index (χ1v) is 8.10. The van der Waals surface area contributed by atoms with Crippen molar-refractivity contribution >= 4 is 0 Å². The van der Waals surface area contributed by atoms with Gasteiger partial charge in [-0.2, -0.15) is 0 Å². The summed E-state index contributed by atoms with van der Waals surface area (Å²) >= 11 is 0. The van der Waals surface area contributed by atoms with E-state index in [0.717, 1.165) is 38.4 Å². The van der Waals surface area contributed by atoms with Crippen molar-refractivity contribution in [2.24, 2.45) is 0 Å². The van der Waals surface area contributed by atoms with Gasteiger partial charge in [0.2, 0.25) is 0 Å². The van der Waals surface area contributed by atoms with E-state index in [4.69, 9.17) is 0 Å². The first kappa shape index (κ1) is 17.0. The lowest BCUT2D eigenvalue weighted by Gasteiger charge is -2.35. The number of pyridine rings is 1. The Morgan fingerprint density at radius 1 is 0.958 bits per heavy atom. The number of aliphatic hydroxyl groups excluding tert-OH is 1. The molecule has 0 saturated carbocycles. The molecule has 1 aliphatic heterocycles. The normalized spacial score (nSPS) is 17.8. The minimum Gasteiger partial charge on any atom is -0.387 e. The van der Waals surface area contributed by atoms with Crippen LogP contribution in [-0.4, -0.2) is 52.6 Å². The van der Waals surface area contributed by atoms with Crippen LogP contribution in [0.25, 0.3) is 0 Å². The lowest BCUT2D eigenvalue weighted by Crippen LogP contribution is -2.47. The van der Waals surface area contributed by atoms with Crippen molar-refractivity contribution in [1.82, 2.24) is 14.8 Å². The molecule has 0 aliphatic carbocycles. The van der Waals surface area contributed by atoms with Crippen molar-refractivity contribution < 1.29 is 13.9 Å². The van der Waals surface area contributed by atoms with Crippen LogP contribution in [0.15, 0.2) is 42.6 Å². The summed E-state index contributed by atoms with van der Waals surface area (Å²) in [4.78, 5) is 8.64. The molecule has 2 heterocycles. The van der Waals surface area contributed by atoms with E-state index in [1.54, 1.807) is 6.20 Å². The number of rotatable bonds is 5. The van der Waals surface area contributed by atoms with Gasteiger partial charge in [-0.15, -0.1) is 0 Å². The summed E-state index contributed by atoms with van der Waals surface area (Å²) in [6.45, 7) is 4.19. The average molecular weight is 333 g/mol. The molecule has 128 valence electrons. The summed E-state index contributed by atoms with van der Waals surface area (Å²) in [5, 5.41) is 10.2. The number of hydrogen-bond acceptors (Lipinski definition) is 4. The maximum atomic E-state index is 13.7. The Labute approximate surface area is 140 Å². The number of nitrogens with zero attached hydrogens (tertiary/aromatic N) is 3. The highest BCUT2D eigenvalue weighted by Crippen LogP contribution is 2.22. The van der Waals surface area contributed by atoms with Crippen molar-refractivity contribution in [2.45, 2.75) is 12.6 Å². The van der Waals surface area contributed by atoms with Gasteiger partial charge in [-0.05, 0) is 24.3 Å². The van der Waals surface area contributed by atoms with Crippen LogP contribution in [0.5, 0.6) is 0 Å². The first-order valence-electron chi connectivity index (χ1n) is 8.10. The highest BCUT2D eigenvalue weighted by molar-refractivity contribution is 5.22. The molecule has 1 saturated heterocycles. The molecule has 1 atom stereocenters. The van der Waals surface area contributed by atoms with Gasteiger partial charge < -0.3 is 5.11 Å². The molecule has 0 bridgehead atoms. The molecule has 0 amide bonds. The highest BCUT2D eigenvalue weighted by atomic mass is 19.1. The number of hydrogen-bond donors (Lipinski definition) is 1. The molecule has 1 aromatic heterocycles. The fourth-order valence-electron chi connectivity index (χ4n) is 3.02. The predicted octanol–water partition coefficient (Wildman–Crippen LogP) is 2.21. The van der Waals surface area contributed by atoms with Crippen molar-refractivity contribution in [3.05, 3.63) is 65.5 Å². The molecule has 1 N–H and O–H groups in total. The molecule has 6 heteroatoms. The quantitative estimate of drug-likeness (QED) is 0.911. The first-order chi connectivity index (χ1) is 11.6. The van der Waals surface area contributed by atoms with Crippen LogP contribution in [0.4, 0.5) is 8.78 Å². The zero-order chi connectivity index (χ0) is 16.9. The molecule has 2 aromatic rings. The van der Waals surface area contributed by atoms with Gasteiger partial charge in [0.05, 0.1) is 17.4 Å². The van der Waals surface area contributed by atoms with Gasteiger partial charge in [0.1, 0.15) is 11.6 Å². The fraction of sp³-hybridized carbons (Fsp3) is 0.389. The minimum atomic E-state index is -1.16. The Hall–Kier alpha value is -1.89. The fourth-order valence-corrected chi connectivity index (χ4v) is 3.02. The average Bonchev–Trinajstić information content (AvgIpc) is 2.57. The second-order valence-corrected chi connectivity index (χ2v) is 6.05. The van der Waals surface area contributed by atoms with E-state index in [0.29, 0.717) is 0 Å². The smallest absolute Gasteiger partial charge is 0.131 e. The van der Waals surface area contributed by atoms with Crippen LogP contribution in [0, 0.1) is 11.6 Å². The molecule has 1 aliphatic rings. The standard InChI is InChI=1S/C18H21F2N3O/c19-15-5-3-6-16(20)18(15)17(24)13-23-10-8-22(9-11-23)12-14-4-1-2-7-21-14/h1-7,17,24H,8-13H2. The van der Waals surface area contributed by atoms with Gasteiger partial charge in [-0.1, -0.05) is 12.1 Å². The van der Waals surface area contributed by atoms with E-state index in [9.17, 15) is 13.9 Å². The van der Waals surface area contributed by atoms with Crippen LogP contribution in [0.3, 0.4) is 0 Å². The van der Waals surface area contributed by atoms with E-state index >= 15 is 0 Å². The zero-order valence-electron chi connectivity index (χ0n) is 13.4. The molecular formula is C18H21F2N3O.